The average molecular weight is 1230 g/mol. The molecule has 0 aliphatic heterocycles. The van der Waals surface area contributed by atoms with Crippen LogP contribution in [-0.4, -0.2) is 182 Å². The Hall–Kier alpha value is -9.55. The van der Waals surface area contributed by atoms with E-state index in [2.05, 4.69) is 53.2 Å². The Morgan fingerprint density at radius 1 is 0.466 bits per heavy atom. The van der Waals surface area contributed by atoms with E-state index in [4.69, 9.17) is 11.5 Å². The second-order valence-electron chi connectivity index (χ2n) is 21.5. The summed E-state index contributed by atoms with van der Waals surface area (Å²) in [5.41, 5.74) is 13.4. The van der Waals surface area contributed by atoms with Crippen LogP contribution in [0.2, 0.25) is 0 Å². The second-order valence-corrected chi connectivity index (χ2v) is 21.5. The lowest BCUT2D eigenvalue weighted by atomic mass is 9.99. The van der Waals surface area contributed by atoms with Gasteiger partial charge in [-0.25, -0.2) is 4.79 Å². The lowest BCUT2D eigenvalue weighted by Gasteiger charge is -2.29. The molecule has 0 aromatic heterocycles. The zero-order valence-electron chi connectivity index (χ0n) is 49.4. The van der Waals surface area contributed by atoms with Gasteiger partial charge in [0.15, 0.2) is 0 Å². The normalized spacial score (nSPS) is 14.8. The number of aliphatic hydroxyl groups is 2. The molecule has 19 N–H and O–H groups in total. The van der Waals surface area contributed by atoms with E-state index in [1.165, 1.54) is 32.9 Å². The van der Waals surface area contributed by atoms with Crippen LogP contribution >= 0.6 is 0 Å². The summed E-state index contributed by atoms with van der Waals surface area (Å²) in [4.78, 5) is 171. The Bertz CT molecular complexity index is 2920. The Labute approximate surface area is 506 Å². The molecule has 0 aliphatic rings. The van der Waals surface area contributed by atoms with Gasteiger partial charge in [-0.2, -0.15) is 0 Å². The number of nitrogens with two attached hydrogens (primary N) is 2. The van der Waals surface area contributed by atoms with Gasteiger partial charge in [-0.05, 0) is 67.3 Å². The molecule has 0 fully saturated rings. The number of benzene rings is 3. The summed E-state index contributed by atoms with van der Waals surface area (Å²) in [5.74, 6) is -15.5. The molecule has 11 atom stereocenters. The third-order valence-electron chi connectivity index (χ3n) is 13.4. The summed E-state index contributed by atoms with van der Waals surface area (Å²) in [6.07, 6.45) is -4.06. The van der Waals surface area contributed by atoms with Crippen molar-refractivity contribution in [2.24, 2.45) is 23.3 Å². The van der Waals surface area contributed by atoms with Gasteiger partial charge in [0.1, 0.15) is 60.1 Å². The van der Waals surface area contributed by atoms with Gasteiger partial charge < -0.3 is 90.2 Å². The first-order valence-electron chi connectivity index (χ1n) is 28.0. The fraction of sp³-hybridized carbons (Fsp3) is 0.466. The van der Waals surface area contributed by atoms with Crippen LogP contribution in [0.4, 0.5) is 0 Å². The molecule has 30 nitrogen and oxygen atoms in total. The van der Waals surface area contributed by atoms with Crippen LogP contribution < -0.4 is 64.6 Å². The van der Waals surface area contributed by atoms with Gasteiger partial charge in [0.25, 0.3) is 0 Å². The lowest BCUT2D eigenvalue weighted by molar-refractivity contribution is -0.142. The number of nitrogens with one attached hydrogen (secondary N) is 10. The summed E-state index contributed by atoms with van der Waals surface area (Å²) in [6.45, 7) is 6.52. The zero-order valence-corrected chi connectivity index (χ0v) is 49.4. The number of hydrogen-bond acceptors (Lipinski definition) is 17. The topological polar surface area (TPSA) is 495 Å². The van der Waals surface area contributed by atoms with E-state index in [9.17, 15) is 87.9 Å². The van der Waals surface area contributed by atoms with Crippen molar-refractivity contribution >= 4 is 76.9 Å². The van der Waals surface area contributed by atoms with E-state index in [0.29, 0.717) is 16.7 Å². The SMILES string of the molecule is CC(C)[C@H](NC(=O)[C@H](CC(N)=O)NC(=O)[C@@H](NC(=O)[C@H](Cc1ccccc1)NC(=O)[C@@H](NC(=O)[C@@H](N)Cc1ccc(O)cc1)C(C)C)[C@@H](C)O)C(=O)NCC(=O)N[C@@H](CO)C(=O)N[C@@H](CCC(=O)O)C(=O)N[C@@H](C)C(=O)N[C@@H](Cc1ccccc1)C(=O)O. The molecule has 88 heavy (non-hydrogen) atoms. The van der Waals surface area contributed by atoms with Gasteiger partial charge in [-0.3, -0.25) is 57.5 Å². The molecule has 0 heterocycles. The van der Waals surface area contributed by atoms with Gasteiger partial charge in [0.2, 0.25) is 65.0 Å². The highest BCUT2D eigenvalue weighted by molar-refractivity contribution is 5.99. The van der Waals surface area contributed by atoms with Crippen LogP contribution in [0.15, 0.2) is 84.9 Å². The highest BCUT2D eigenvalue weighted by Gasteiger charge is 2.37. The van der Waals surface area contributed by atoms with Crippen molar-refractivity contribution in [3.05, 3.63) is 102 Å². The molecule has 480 valence electrons. The molecular weight excluding hydrogens is 1150 g/mol. The van der Waals surface area contributed by atoms with Crippen molar-refractivity contribution in [2.75, 3.05) is 13.2 Å². The van der Waals surface area contributed by atoms with E-state index in [-0.39, 0.29) is 25.0 Å². The third kappa shape index (κ3) is 24.8. The largest absolute Gasteiger partial charge is 0.508 e. The number of carbonyl (C=O) groups is 13. The minimum absolute atomic E-state index is 0.00644. The number of carbonyl (C=O) groups excluding carboxylic acids is 11. The molecule has 30 heteroatoms. The van der Waals surface area contributed by atoms with Crippen molar-refractivity contribution in [3.63, 3.8) is 0 Å². The van der Waals surface area contributed by atoms with Gasteiger partial charge in [0, 0.05) is 19.3 Å². The van der Waals surface area contributed by atoms with Crippen LogP contribution in [0.25, 0.3) is 0 Å². The molecule has 0 aliphatic carbocycles. The number of carboxylic acids is 2. The number of hydrogen-bond donors (Lipinski definition) is 17. The molecule has 0 bridgehead atoms. The van der Waals surface area contributed by atoms with Crippen LogP contribution in [0.1, 0.15) is 77.5 Å². The molecule has 3 rings (SSSR count). The van der Waals surface area contributed by atoms with E-state index in [1.54, 1.807) is 86.6 Å². The lowest BCUT2D eigenvalue weighted by Crippen LogP contribution is -2.62. The van der Waals surface area contributed by atoms with E-state index >= 15 is 0 Å². The molecular formula is C58H80N12O18. The summed E-state index contributed by atoms with van der Waals surface area (Å²) in [6, 6.07) is 7.23. The second kappa shape index (κ2) is 35.8. The quantitative estimate of drug-likeness (QED) is 0.0262. The predicted molar refractivity (Wildman–Crippen MR) is 313 cm³/mol. The average Bonchev–Trinajstić information content (AvgIpc) is 3.60. The third-order valence-corrected chi connectivity index (χ3v) is 13.4. The number of phenolic OH excluding ortho intramolecular Hbond substituents is 1. The van der Waals surface area contributed by atoms with Crippen molar-refractivity contribution in [3.8, 4) is 5.75 Å². The monoisotopic (exact) mass is 1230 g/mol. The van der Waals surface area contributed by atoms with Gasteiger partial charge in [-0.1, -0.05) is 100 Å². The number of aliphatic hydroxyl groups excluding tert-OH is 2. The van der Waals surface area contributed by atoms with Gasteiger partial charge in [-0.15, -0.1) is 0 Å². The summed E-state index contributed by atoms with van der Waals surface area (Å²) >= 11 is 0. The molecule has 0 radical (unpaired) electrons. The van der Waals surface area contributed by atoms with Crippen LogP contribution in [0, 0.1) is 11.8 Å². The molecule has 0 saturated heterocycles. The summed E-state index contributed by atoms with van der Waals surface area (Å²) in [7, 11) is 0. The van der Waals surface area contributed by atoms with Crippen LogP contribution in [-0.2, 0) is 81.6 Å². The molecule has 11 amide bonds. The fourth-order valence-corrected chi connectivity index (χ4v) is 8.47. The van der Waals surface area contributed by atoms with Crippen molar-refractivity contribution < 1.29 is 87.9 Å². The van der Waals surface area contributed by atoms with Crippen LogP contribution in [0.5, 0.6) is 5.75 Å². The van der Waals surface area contributed by atoms with E-state index in [1.807, 2.05) is 0 Å². The van der Waals surface area contributed by atoms with E-state index in [0.717, 1.165) is 6.92 Å². The summed E-state index contributed by atoms with van der Waals surface area (Å²) in [5, 5.41) is 73.0. The molecule has 0 saturated carbocycles. The molecule has 0 spiro atoms. The van der Waals surface area contributed by atoms with Gasteiger partial charge >= 0.3 is 11.9 Å². The van der Waals surface area contributed by atoms with Gasteiger partial charge in [0.05, 0.1) is 31.7 Å². The number of rotatable bonds is 36. The molecule has 3 aromatic rings. The highest BCUT2D eigenvalue weighted by atomic mass is 16.4. The molecule has 0 unspecified atom stereocenters. The first-order chi connectivity index (χ1) is 41.4. The number of phenols is 1. The summed E-state index contributed by atoms with van der Waals surface area (Å²) < 4.78 is 0. The number of amides is 11. The van der Waals surface area contributed by atoms with Crippen molar-refractivity contribution in [2.45, 2.75) is 147 Å². The standard InChI is InChI=1S/C58H80N12O18/c1-29(2)46(55(84)61-27-44(75)63-42(28-71)54(83)64-38(21-22-45(76)77)51(80)62-31(5)49(78)67-41(58(87)88)25-34-15-11-8-12-16-34)69-53(82)40(26-43(60)74)66-57(86)48(32(6)72)70-52(81)39(24-33-13-9-7-10-14-33)65-56(85)47(30(3)4)68-50(79)37(59)23-35-17-19-36(73)20-18-35/h7-20,29-32,37-42,46-48,71-73H,21-28,59H2,1-6H3,(H2,60,74)(H,61,84)(H,62,80)(H,63,75)(H,64,83)(H,65,85)(H,66,86)(H,67,78)(H,68,79)(H,69,82)(H,70,81)(H,76,77)(H,87,88)/t31-,32+,37-,38-,39-,40-,41-,42-,46-,47-,48-/m0/s1. The first kappa shape index (κ1) is 72.7. The fourth-order valence-electron chi connectivity index (χ4n) is 8.47. The zero-order chi connectivity index (χ0) is 65.9. The maximum atomic E-state index is 14.1. The van der Waals surface area contributed by atoms with Crippen molar-refractivity contribution in [1.29, 1.82) is 0 Å². The molecule has 3 aromatic carbocycles. The minimum Gasteiger partial charge on any atom is -0.508 e. The Balaban J connectivity index is 1.70. The maximum absolute atomic E-state index is 14.1. The number of carboxylic acid groups (broad SMARTS) is 2. The highest BCUT2D eigenvalue weighted by Crippen LogP contribution is 2.14. The Morgan fingerprint density at radius 2 is 0.909 bits per heavy atom. The van der Waals surface area contributed by atoms with Crippen LogP contribution in [0.3, 0.4) is 0 Å². The number of aliphatic carboxylic acids is 2. The number of aromatic hydroxyl groups is 1. The predicted octanol–water partition coefficient (Wildman–Crippen LogP) is -4.24. The Kier molecular flexibility index (Phi) is 29.6. The minimum atomic E-state index is -1.88. The smallest absolute Gasteiger partial charge is 0.326 e. The van der Waals surface area contributed by atoms with E-state index < -0.39 is 188 Å². The van der Waals surface area contributed by atoms with Crippen molar-refractivity contribution in [1.82, 2.24) is 53.2 Å². The maximum Gasteiger partial charge on any atom is 0.326 e. The number of primary amides is 1. The first-order valence-corrected chi connectivity index (χ1v) is 28.0. The Morgan fingerprint density at radius 3 is 1.42 bits per heavy atom.